The molecule has 0 aliphatic rings. The van der Waals surface area contributed by atoms with Crippen molar-refractivity contribution in [2.45, 2.75) is 27.2 Å². The first-order chi connectivity index (χ1) is 16.5. The van der Waals surface area contributed by atoms with E-state index in [0.717, 1.165) is 50.8 Å². The Morgan fingerprint density at radius 3 is 2.82 bits per heavy atom. The smallest absolute Gasteiger partial charge is 0.145 e. The van der Waals surface area contributed by atoms with Crippen LogP contribution in [0.2, 0.25) is 0 Å². The van der Waals surface area contributed by atoms with Crippen LogP contribution in [0.3, 0.4) is 0 Å². The maximum absolute atomic E-state index is 6.10. The minimum absolute atomic E-state index is 0.732. The summed E-state index contributed by atoms with van der Waals surface area (Å²) < 4.78 is 7.35. The summed E-state index contributed by atoms with van der Waals surface area (Å²) in [5.74, 6) is 0.872. The van der Waals surface area contributed by atoms with Gasteiger partial charge in [-0.05, 0) is 91.4 Å². The summed E-state index contributed by atoms with van der Waals surface area (Å²) in [4.78, 5) is 10.7. The Hall–Kier alpha value is -2.84. The van der Waals surface area contributed by atoms with Gasteiger partial charge >= 0.3 is 0 Å². The van der Waals surface area contributed by atoms with Gasteiger partial charge in [0.1, 0.15) is 11.3 Å². The molecule has 6 heteroatoms. The van der Waals surface area contributed by atoms with Crippen molar-refractivity contribution in [3.05, 3.63) is 86.6 Å². The van der Waals surface area contributed by atoms with Gasteiger partial charge in [-0.15, -0.1) is 11.3 Å². The van der Waals surface area contributed by atoms with Gasteiger partial charge in [0.05, 0.1) is 26.7 Å². The zero-order valence-electron chi connectivity index (χ0n) is 19.5. The Morgan fingerprint density at radius 2 is 2.03 bits per heavy atom. The average Bonchev–Trinajstić information content (AvgIpc) is 3.52. The van der Waals surface area contributed by atoms with E-state index in [-0.39, 0.29) is 0 Å². The number of nitrogens with zero attached hydrogens (tertiary/aromatic N) is 1. The van der Waals surface area contributed by atoms with E-state index in [2.05, 4.69) is 90.6 Å². The van der Waals surface area contributed by atoms with E-state index in [1.807, 2.05) is 18.2 Å². The third-order valence-electron chi connectivity index (χ3n) is 6.13. The molecule has 3 aromatic heterocycles. The maximum atomic E-state index is 6.10. The summed E-state index contributed by atoms with van der Waals surface area (Å²) in [5, 5.41) is 5.73. The summed E-state index contributed by atoms with van der Waals surface area (Å²) in [5.41, 5.74) is 8.05. The lowest BCUT2D eigenvalue weighted by atomic mass is 10.0. The number of furan rings is 1. The maximum Gasteiger partial charge on any atom is 0.145 e. The lowest BCUT2D eigenvalue weighted by Crippen LogP contribution is -2.00. The molecule has 3 heterocycles. The molecule has 172 valence electrons. The second-order valence-corrected chi connectivity index (χ2v) is 10.6. The molecular formula is C28H26IN3OS. The van der Waals surface area contributed by atoms with Crippen molar-refractivity contribution in [3.8, 4) is 10.6 Å². The van der Waals surface area contributed by atoms with E-state index >= 15 is 0 Å². The highest BCUT2D eigenvalue weighted by Crippen LogP contribution is 2.38. The second kappa shape index (κ2) is 9.43. The number of hydrogen-bond acceptors (Lipinski definition) is 4. The Labute approximate surface area is 216 Å². The van der Waals surface area contributed by atoms with Gasteiger partial charge in [0.2, 0.25) is 0 Å². The lowest BCUT2D eigenvalue weighted by molar-refractivity contribution is 0.633. The Morgan fingerprint density at radius 1 is 1.21 bits per heavy atom. The fourth-order valence-corrected chi connectivity index (χ4v) is 6.09. The van der Waals surface area contributed by atoms with Gasteiger partial charge in [-0.25, -0.2) is 0 Å². The highest BCUT2D eigenvalue weighted by Gasteiger charge is 2.16. The molecular weight excluding hydrogens is 553 g/mol. The topological polar surface area (TPSA) is 53.3 Å². The molecule has 0 spiro atoms. The molecule has 0 unspecified atom stereocenters. The van der Waals surface area contributed by atoms with Crippen molar-refractivity contribution in [2.24, 2.45) is 4.99 Å². The van der Waals surface area contributed by atoms with E-state index in [9.17, 15) is 0 Å². The molecule has 0 amide bonds. The third kappa shape index (κ3) is 4.20. The van der Waals surface area contributed by atoms with Crippen molar-refractivity contribution < 1.29 is 4.42 Å². The number of aromatic nitrogens is 1. The lowest BCUT2D eigenvalue weighted by Gasteiger charge is -2.05. The Kier molecular flexibility index (Phi) is 6.36. The normalized spacial score (nSPS) is 12.1. The third-order valence-corrected chi connectivity index (χ3v) is 8.28. The number of aliphatic imine (C=N–C) groups is 1. The quantitative estimate of drug-likeness (QED) is 0.150. The van der Waals surface area contributed by atoms with E-state index in [0.29, 0.717) is 0 Å². The van der Waals surface area contributed by atoms with Crippen LogP contribution in [0.25, 0.3) is 32.5 Å². The van der Waals surface area contributed by atoms with Gasteiger partial charge in [0, 0.05) is 26.6 Å². The van der Waals surface area contributed by atoms with Crippen LogP contribution in [0, 0.1) is 17.4 Å². The van der Waals surface area contributed by atoms with Crippen LogP contribution < -0.4 is 5.32 Å². The number of thiophene rings is 1. The first-order valence-corrected chi connectivity index (χ1v) is 13.1. The fourth-order valence-electron chi connectivity index (χ4n) is 4.46. The van der Waals surface area contributed by atoms with Crippen LogP contribution >= 0.6 is 33.9 Å². The molecule has 0 fully saturated rings. The molecule has 0 radical (unpaired) electrons. The molecule has 0 atom stereocenters. The second-order valence-electron chi connectivity index (χ2n) is 8.41. The van der Waals surface area contributed by atoms with Gasteiger partial charge in [-0.1, -0.05) is 30.8 Å². The summed E-state index contributed by atoms with van der Waals surface area (Å²) in [6, 6.07) is 16.7. The molecule has 34 heavy (non-hydrogen) atoms. The fraction of sp³-hybridized carbons (Fsp3) is 0.179. The van der Waals surface area contributed by atoms with Gasteiger partial charge in [0.25, 0.3) is 0 Å². The van der Waals surface area contributed by atoms with Crippen molar-refractivity contribution in [3.63, 3.8) is 0 Å². The first kappa shape index (κ1) is 22.9. The monoisotopic (exact) mass is 579 g/mol. The van der Waals surface area contributed by atoms with E-state index in [1.54, 1.807) is 17.5 Å². The van der Waals surface area contributed by atoms with Crippen molar-refractivity contribution >= 4 is 67.2 Å². The van der Waals surface area contributed by atoms with E-state index in [4.69, 9.17) is 9.41 Å². The number of nitrogens with one attached hydrogen (secondary N) is 2. The van der Waals surface area contributed by atoms with Crippen LogP contribution in [-0.2, 0) is 6.42 Å². The molecule has 0 saturated heterocycles. The number of hydrogen-bond donors (Lipinski definition) is 2. The van der Waals surface area contributed by atoms with Crippen LogP contribution in [0.15, 0.2) is 70.7 Å². The molecule has 0 aliphatic heterocycles. The van der Waals surface area contributed by atoms with Gasteiger partial charge < -0.3 is 14.7 Å². The summed E-state index contributed by atoms with van der Waals surface area (Å²) in [7, 11) is 0. The largest absolute Gasteiger partial charge is 0.455 e. The van der Waals surface area contributed by atoms with E-state index in [1.165, 1.54) is 31.3 Å². The van der Waals surface area contributed by atoms with Gasteiger partial charge in [0.15, 0.2) is 0 Å². The van der Waals surface area contributed by atoms with Gasteiger partial charge in [-0.2, -0.15) is 0 Å². The van der Waals surface area contributed by atoms with Crippen molar-refractivity contribution in [1.29, 1.82) is 0 Å². The zero-order valence-corrected chi connectivity index (χ0v) is 22.4. The molecule has 0 bridgehead atoms. The molecule has 5 aromatic rings. The van der Waals surface area contributed by atoms with E-state index < -0.39 is 0 Å². The zero-order chi connectivity index (χ0) is 23.8. The van der Waals surface area contributed by atoms with Gasteiger partial charge in [-0.3, -0.25) is 4.99 Å². The predicted octanol–water partition coefficient (Wildman–Crippen LogP) is 8.47. The molecule has 2 N–H and O–H groups in total. The number of halogens is 1. The SMILES string of the molecule is C=CNc1cc(-c2cc3ccccc3o2)sc1C(C)=NCCc1c(C)[nH]c2c(I)ccc(C)c12. The number of aromatic amines is 1. The van der Waals surface area contributed by atoms with Crippen LogP contribution in [-0.4, -0.2) is 17.2 Å². The number of anilines is 1. The number of aryl methyl sites for hydroxylation is 2. The molecule has 2 aromatic carbocycles. The van der Waals surface area contributed by atoms with Crippen LogP contribution in [0.5, 0.6) is 0 Å². The minimum atomic E-state index is 0.732. The minimum Gasteiger partial charge on any atom is -0.455 e. The van der Waals surface area contributed by atoms with Crippen molar-refractivity contribution in [2.75, 3.05) is 11.9 Å². The molecule has 4 nitrogen and oxygen atoms in total. The number of para-hydroxylation sites is 1. The summed E-state index contributed by atoms with van der Waals surface area (Å²) >= 11 is 4.10. The summed E-state index contributed by atoms with van der Waals surface area (Å²) in [6.45, 7) is 11.0. The highest BCUT2D eigenvalue weighted by atomic mass is 127. The number of benzene rings is 2. The van der Waals surface area contributed by atoms with Crippen LogP contribution in [0.1, 0.15) is 28.6 Å². The Balaban J connectivity index is 1.43. The predicted molar refractivity (Wildman–Crippen MR) is 155 cm³/mol. The van der Waals surface area contributed by atoms with Crippen molar-refractivity contribution in [1.82, 2.24) is 4.98 Å². The summed E-state index contributed by atoms with van der Waals surface area (Å²) in [6.07, 6.45) is 2.61. The number of rotatable bonds is 7. The number of H-pyrrole nitrogens is 1. The highest BCUT2D eigenvalue weighted by molar-refractivity contribution is 14.1. The van der Waals surface area contributed by atoms with Crippen LogP contribution in [0.4, 0.5) is 5.69 Å². The average molecular weight is 580 g/mol. The Bertz CT molecular complexity index is 1520. The number of fused-ring (bicyclic) bond motifs is 2. The molecule has 0 saturated carbocycles. The molecule has 5 rings (SSSR count). The first-order valence-electron chi connectivity index (χ1n) is 11.2. The molecule has 0 aliphatic carbocycles. The standard InChI is InChI=1S/C28H26IN3OS/c1-5-30-22-15-25(24-14-19-8-6-7-9-23(19)33-24)34-28(22)18(4)31-13-12-20-17(3)32-27-21(29)11-10-16(2)26(20)27/h5-11,14-15,30,32H,1,12-13H2,2-4H3.